The van der Waals surface area contributed by atoms with Crippen molar-refractivity contribution in [2.24, 2.45) is 0 Å². The number of nitrogens with zero attached hydrogens (tertiary/aromatic N) is 2. The minimum Gasteiger partial charge on any atom is -0.444 e. The molecule has 0 unspecified atom stereocenters. The fourth-order valence-corrected chi connectivity index (χ4v) is 2.32. The maximum atomic E-state index is 13.6. The summed E-state index contributed by atoms with van der Waals surface area (Å²) in [6.45, 7) is 7.78. The fourth-order valence-electron chi connectivity index (χ4n) is 2.32. The number of ether oxygens (including phenoxy) is 1. The number of hydrogen-bond donors (Lipinski definition) is 0. The van der Waals surface area contributed by atoms with Crippen LogP contribution in [0, 0.1) is 11.6 Å². The van der Waals surface area contributed by atoms with Gasteiger partial charge in [-0.15, -0.1) is 0 Å². The molecule has 0 N–H and O–H groups in total. The van der Waals surface area contributed by atoms with Crippen molar-refractivity contribution in [1.82, 2.24) is 9.80 Å². The molecule has 1 heterocycles. The highest BCUT2D eigenvalue weighted by Crippen LogP contribution is 2.17. The molecule has 0 saturated carbocycles. The van der Waals surface area contributed by atoms with Crippen LogP contribution in [0.3, 0.4) is 0 Å². The number of hydrogen-bond acceptors (Lipinski definition) is 3. The van der Waals surface area contributed by atoms with E-state index in [1.54, 1.807) is 4.90 Å². The lowest BCUT2D eigenvalue weighted by molar-refractivity contribution is 0.0137. The minimum absolute atomic E-state index is 0.0771. The first-order valence-electron chi connectivity index (χ1n) is 7.39. The van der Waals surface area contributed by atoms with Crippen LogP contribution < -0.4 is 0 Å². The van der Waals surface area contributed by atoms with Crippen molar-refractivity contribution in [2.45, 2.75) is 32.9 Å². The van der Waals surface area contributed by atoms with Crippen LogP contribution in [-0.2, 0) is 11.3 Å². The van der Waals surface area contributed by atoms with Crippen LogP contribution in [-0.4, -0.2) is 47.7 Å². The summed E-state index contributed by atoms with van der Waals surface area (Å²) in [4.78, 5) is 15.5. The highest BCUT2D eigenvalue weighted by Gasteiger charge is 2.26. The molecule has 0 radical (unpaired) electrons. The zero-order valence-corrected chi connectivity index (χ0v) is 13.2. The van der Waals surface area contributed by atoms with E-state index >= 15 is 0 Å². The number of benzene rings is 1. The monoisotopic (exact) mass is 312 g/mol. The normalized spacial score (nSPS) is 16.7. The van der Waals surface area contributed by atoms with E-state index in [-0.39, 0.29) is 18.2 Å². The number of halogens is 2. The minimum atomic E-state index is -0.533. The van der Waals surface area contributed by atoms with E-state index < -0.39 is 17.2 Å². The SMILES string of the molecule is CC(C)(C)OC(=O)N1CCN(Cc2c(F)cccc2F)CC1. The Morgan fingerprint density at radius 2 is 1.68 bits per heavy atom. The first kappa shape index (κ1) is 16.7. The van der Waals surface area contributed by atoms with Gasteiger partial charge in [0.1, 0.15) is 17.2 Å². The quantitative estimate of drug-likeness (QED) is 0.841. The van der Waals surface area contributed by atoms with Crippen molar-refractivity contribution in [3.8, 4) is 0 Å². The zero-order chi connectivity index (χ0) is 16.3. The average molecular weight is 312 g/mol. The van der Waals surface area contributed by atoms with Gasteiger partial charge in [0.25, 0.3) is 0 Å². The van der Waals surface area contributed by atoms with Crippen molar-refractivity contribution < 1.29 is 18.3 Å². The molecule has 0 spiro atoms. The molecule has 0 aliphatic carbocycles. The molecule has 4 nitrogen and oxygen atoms in total. The molecule has 22 heavy (non-hydrogen) atoms. The van der Waals surface area contributed by atoms with Crippen LogP contribution >= 0.6 is 0 Å². The Labute approximate surface area is 129 Å². The molecule has 0 atom stereocenters. The molecule has 6 heteroatoms. The first-order chi connectivity index (χ1) is 10.3. The van der Waals surface area contributed by atoms with Gasteiger partial charge < -0.3 is 9.64 Å². The van der Waals surface area contributed by atoms with Gasteiger partial charge in [0.2, 0.25) is 0 Å². The van der Waals surface area contributed by atoms with E-state index in [1.807, 2.05) is 25.7 Å². The summed E-state index contributed by atoms with van der Waals surface area (Å²) in [5.41, 5.74) is -0.446. The van der Waals surface area contributed by atoms with Crippen LogP contribution in [0.4, 0.5) is 13.6 Å². The number of amides is 1. The number of piperazine rings is 1. The Hall–Kier alpha value is -1.69. The number of carbonyl (C=O) groups is 1. The zero-order valence-electron chi connectivity index (χ0n) is 13.2. The van der Waals surface area contributed by atoms with Crippen LogP contribution in [0.1, 0.15) is 26.3 Å². The lowest BCUT2D eigenvalue weighted by atomic mass is 10.1. The van der Waals surface area contributed by atoms with Crippen LogP contribution in [0.15, 0.2) is 18.2 Å². The molecule has 1 fully saturated rings. The second kappa shape index (κ2) is 6.60. The van der Waals surface area contributed by atoms with E-state index in [9.17, 15) is 13.6 Å². The molecule has 122 valence electrons. The molecular formula is C16H22F2N2O2. The van der Waals surface area contributed by atoms with Gasteiger partial charge in [-0.2, -0.15) is 0 Å². The summed E-state index contributed by atoms with van der Waals surface area (Å²) in [7, 11) is 0. The van der Waals surface area contributed by atoms with Crippen molar-refractivity contribution in [2.75, 3.05) is 26.2 Å². The Morgan fingerprint density at radius 1 is 1.14 bits per heavy atom. The molecule has 0 aromatic heterocycles. The second-order valence-corrected chi connectivity index (χ2v) is 6.44. The summed E-state index contributed by atoms with van der Waals surface area (Å²) >= 11 is 0. The van der Waals surface area contributed by atoms with Crippen molar-refractivity contribution >= 4 is 6.09 Å². The molecule has 1 amide bonds. The molecule has 1 saturated heterocycles. The Balaban J connectivity index is 1.89. The predicted molar refractivity (Wildman–Crippen MR) is 79.4 cm³/mol. The van der Waals surface area contributed by atoms with Crippen LogP contribution in [0.2, 0.25) is 0 Å². The number of carbonyl (C=O) groups excluding carboxylic acids is 1. The van der Waals surface area contributed by atoms with E-state index in [0.29, 0.717) is 26.2 Å². The van der Waals surface area contributed by atoms with Gasteiger partial charge in [-0.3, -0.25) is 4.90 Å². The van der Waals surface area contributed by atoms with Gasteiger partial charge in [0.05, 0.1) is 0 Å². The Bertz CT molecular complexity index is 515. The van der Waals surface area contributed by atoms with Crippen molar-refractivity contribution in [1.29, 1.82) is 0 Å². The standard InChI is InChI=1S/C16H22F2N2O2/c1-16(2,3)22-15(21)20-9-7-19(8-10-20)11-12-13(17)5-4-6-14(12)18/h4-6H,7-11H2,1-3H3. The Kier molecular flexibility index (Phi) is 5.01. The molecule has 1 aliphatic heterocycles. The third-order valence-corrected chi connectivity index (χ3v) is 3.47. The van der Waals surface area contributed by atoms with Crippen molar-refractivity contribution in [3.63, 3.8) is 0 Å². The van der Waals surface area contributed by atoms with E-state index in [1.165, 1.54) is 18.2 Å². The van der Waals surface area contributed by atoms with E-state index in [4.69, 9.17) is 4.74 Å². The van der Waals surface area contributed by atoms with Gasteiger partial charge in [-0.25, -0.2) is 13.6 Å². The predicted octanol–water partition coefficient (Wildman–Crippen LogP) is 3.02. The second-order valence-electron chi connectivity index (χ2n) is 6.44. The summed E-state index contributed by atoms with van der Waals surface area (Å²) in [6.07, 6.45) is -0.343. The summed E-state index contributed by atoms with van der Waals surface area (Å²) in [5.74, 6) is -1.07. The highest BCUT2D eigenvalue weighted by molar-refractivity contribution is 5.68. The molecule has 0 bridgehead atoms. The largest absolute Gasteiger partial charge is 0.444 e. The van der Waals surface area contributed by atoms with Gasteiger partial charge in [-0.05, 0) is 32.9 Å². The summed E-state index contributed by atoms with van der Waals surface area (Å²) in [6, 6.07) is 3.87. The molecule has 1 aromatic rings. The smallest absolute Gasteiger partial charge is 0.410 e. The van der Waals surface area contributed by atoms with E-state index in [2.05, 4.69) is 0 Å². The highest BCUT2D eigenvalue weighted by atomic mass is 19.1. The van der Waals surface area contributed by atoms with Crippen LogP contribution in [0.25, 0.3) is 0 Å². The first-order valence-corrected chi connectivity index (χ1v) is 7.39. The molecule has 2 rings (SSSR count). The van der Waals surface area contributed by atoms with Crippen LogP contribution in [0.5, 0.6) is 0 Å². The number of rotatable bonds is 2. The van der Waals surface area contributed by atoms with Gasteiger partial charge >= 0.3 is 6.09 Å². The topological polar surface area (TPSA) is 32.8 Å². The summed E-state index contributed by atoms with van der Waals surface area (Å²) in [5, 5.41) is 0. The third-order valence-electron chi connectivity index (χ3n) is 3.47. The fraction of sp³-hybridized carbons (Fsp3) is 0.562. The lowest BCUT2D eigenvalue weighted by Gasteiger charge is -2.35. The van der Waals surface area contributed by atoms with E-state index in [0.717, 1.165) is 0 Å². The molecule has 1 aliphatic rings. The maximum absolute atomic E-state index is 13.6. The molecular weight excluding hydrogens is 290 g/mol. The van der Waals surface area contributed by atoms with Crippen molar-refractivity contribution in [3.05, 3.63) is 35.4 Å². The van der Waals surface area contributed by atoms with Gasteiger partial charge in [0.15, 0.2) is 0 Å². The van der Waals surface area contributed by atoms with Gasteiger partial charge in [0, 0.05) is 38.3 Å². The third kappa shape index (κ3) is 4.40. The summed E-state index contributed by atoms with van der Waals surface area (Å²) < 4.78 is 32.6. The Morgan fingerprint density at radius 3 is 2.18 bits per heavy atom. The molecule has 1 aromatic carbocycles. The van der Waals surface area contributed by atoms with Gasteiger partial charge in [-0.1, -0.05) is 6.07 Å². The average Bonchev–Trinajstić information content (AvgIpc) is 2.42. The lowest BCUT2D eigenvalue weighted by Crippen LogP contribution is -2.49. The maximum Gasteiger partial charge on any atom is 0.410 e.